The fourth-order valence-electron chi connectivity index (χ4n) is 5.03. The molecule has 0 saturated carbocycles. The maximum Gasteiger partial charge on any atom is 0.501 e. The van der Waals surface area contributed by atoms with E-state index in [9.17, 15) is 9.90 Å². The van der Waals surface area contributed by atoms with Gasteiger partial charge in [-0.25, -0.2) is 0 Å². The first-order chi connectivity index (χ1) is 17.8. The topological polar surface area (TPSA) is 109 Å². The van der Waals surface area contributed by atoms with E-state index in [4.69, 9.17) is 31.0 Å². The Morgan fingerprint density at radius 3 is 1.89 bits per heavy atom. The van der Waals surface area contributed by atoms with E-state index in [2.05, 4.69) is 4.90 Å². The van der Waals surface area contributed by atoms with Gasteiger partial charge >= 0.3 is 23.6 Å². The SMILES string of the molecule is CCO[Si](CCCN1CC1C(C(=O)O)C(C[Si](OCC)(OCC)OCC)c1ccco1)(OCC)OCC. The molecule has 1 aromatic rings. The monoisotopic (exact) mass is 561 g/mol. The Kier molecular flexibility index (Phi) is 14.0. The molecule has 1 aromatic heterocycles. The quantitative estimate of drug-likeness (QED) is 0.163. The summed E-state index contributed by atoms with van der Waals surface area (Å²) in [5, 5.41) is 10.4. The van der Waals surface area contributed by atoms with Crippen LogP contribution in [-0.4, -0.2) is 92.4 Å². The van der Waals surface area contributed by atoms with Gasteiger partial charge in [-0.15, -0.1) is 0 Å². The van der Waals surface area contributed by atoms with E-state index >= 15 is 0 Å². The lowest BCUT2D eigenvalue weighted by molar-refractivity contribution is -0.143. The van der Waals surface area contributed by atoms with Crippen LogP contribution >= 0.6 is 0 Å². The van der Waals surface area contributed by atoms with Crippen molar-refractivity contribution in [2.24, 2.45) is 5.92 Å². The molecule has 10 nitrogen and oxygen atoms in total. The Balaban J connectivity index is 2.18. The van der Waals surface area contributed by atoms with Gasteiger partial charge < -0.3 is 36.1 Å². The van der Waals surface area contributed by atoms with Gasteiger partial charge in [-0.05, 0) is 66.6 Å². The first-order valence-corrected chi connectivity index (χ1v) is 17.5. The van der Waals surface area contributed by atoms with Gasteiger partial charge in [-0.1, -0.05) is 0 Å². The van der Waals surface area contributed by atoms with Crippen LogP contribution in [0.25, 0.3) is 0 Å². The summed E-state index contributed by atoms with van der Waals surface area (Å²) in [5.74, 6) is -1.37. The Morgan fingerprint density at radius 1 is 0.946 bits per heavy atom. The third-order valence-corrected chi connectivity index (χ3v) is 12.7. The lowest BCUT2D eigenvalue weighted by Gasteiger charge is -2.33. The molecule has 1 N–H and O–H groups in total. The zero-order chi connectivity index (χ0) is 27.3. The van der Waals surface area contributed by atoms with Gasteiger partial charge in [0.1, 0.15) is 5.76 Å². The molecular weight excluding hydrogens is 514 g/mol. The van der Waals surface area contributed by atoms with Crippen molar-refractivity contribution in [3.8, 4) is 0 Å². The van der Waals surface area contributed by atoms with Gasteiger partial charge in [0.15, 0.2) is 0 Å². The van der Waals surface area contributed by atoms with Crippen molar-refractivity contribution in [1.29, 1.82) is 0 Å². The van der Waals surface area contributed by atoms with Crippen LogP contribution < -0.4 is 0 Å². The molecule has 2 rings (SSSR count). The number of aliphatic carboxylic acids is 1. The van der Waals surface area contributed by atoms with E-state index < -0.39 is 35.4 Å². The van der Waals surface area contributed by atoms with Gasteiger partial charge in [0.2, 0.25) is 0 Å². The van der Waals surface area contributed by atoms with E-state index in [0.717, 1.165) is 13.0 Å². The van der Waals surface area contributed by atoms with E-state index in [1.807, 2.05) is 47.6 Å². The minimum Gasteiger partial charge on any atom is -0.481 e. The summed E-state index contributed by atoms with van der Waals surface area (Å²) in [5.41, 5.74) is 0. The smallest absolute Gasteiger partial charge is 0.481 e. The molecule has 214 valence electrons. The van der Waals surface area contributed by atoms with Crippen LogP contribution in [0.2, 0.25) is 12.1 Å². The van der Waals surface area contributed by atoms with Crippen LogP contribution in [0.5, 0.6) is 0 Å². The number of hydrogen-bond acceptors (Lipinski definition) is 9. The Hall–Kier alpha value is -1.10. The number of carboxylic acid groups (broad SMARTS) is 1. The highest BCUT2D eigenvalue weighted by Crippen LogP contribution is 2.42. The molecule has 1 aliphatic heterocycles. The number of carboxylic acids is 1. The van der Waals surface area contributed by atoms with Crippen LogP contribution in [-0.2, 0) is 31.4 Å². The van der Waals surface area contributed by atoms with Crippen molar-refractivity contribution in [2.75, 3.05) is 52.7 Å². The van der Waals surface area contributed by atoms with E-state index in [1.165, 1.54) is 0 Å². The van der Waals surface area contributed by atoms with Crippen LogP contribution in [0.15, 0.2) is 22.8 Å². The molecule has 0 spiro atoms. The third kappa shape index (κ3) is 9.25. The van der Waals surface area contributed by atoms with Gasteiger partial charge in [-0.2, -0.15) is 0 Å². The summed E-state index contributed by atoms with van der Waals surface area (Å²) >= 11 is 0. The molecule has 0 bridgehead atoms. The van der Waals surface area contributed by atoms with Crippen LogP contribution in [0.4, 0.5) is 0 Å². The van der Waals surface area contributed by atoms with Crippen LogP contribution in [0.3, 0.4) is 0 Å². The highest BCUT2D eigenvalue weighted by Gasteiger charge is 2.54. The molecule has 12 heteroatoms. The molecule has 2 heterocycles. The summed E-state index contributed by atoms with van der Waals surface area (Å²) in [6.07, 6.45) is 2.38. The molecule has 1 aliphatic rings. The summed E-state index contributed by atoms with van der Waals surface area (Å²) in [6, 6.07) is 4.54. The molecule has 1 saturated heterocycles. The van der Waals surface area contributed by atoms with E-state index in [1.54, 1.807) is 12.3 Å². The highest BCUT2D eigenvalue weighted by atomic mass is 28.4. The van der Waals surface area contributed by atoms with Crippen molar-refractivity contribution in [3.63, 3.8) is 0 Å². The Bertz CT molecular complexity index is 733. The molecule has 1 fully saturated rings. The minimum absolute atomic E-state index is 0.119. The average molecular weight is 562 g/mol. The van der Waals surface area contributed by atoms with Gasteiger partial charge in [0, 0.05) is 70.2 Å². The lowest BCUT2D eigenvalue weighted by Crippen LogP contribution is -2.48. The third-order valence-electron chi connectivity index (χ3n) is 6.38. The number of carbonyl (C=O) groups is 1. The predicted molar refractivity (Wildman–Crippen MR) is 143 cm³/mol. The van der Waals surface area contributed by atoms with Crippen molar-refractivity contribution in [2.45, 2.75) is 72.0 Å². The number of rotatable bonds is 22. The average Bonchev–Trinajstić information content (AvgIpc) is 3.36. The first kappa shape index (κ1) is 32.1. The Labute approximate surface area is 224 Å². The fourth-order valence-corrected chi connectivity index (χ4v) is 10.5. The largest absolute Gasteiger partial charge is 0.501 e. The molecule has 4 unspecified atom stereocenters. The van der Waals surface area contributed by atoms with Crippen molar-refractivity contribution in [3.05, 3.63) is 24.2 Å². The van der Waals surface area contributed by atoms with Gasteiger partial charge in [-0.3, -0.25) is 9.69 Å². The standard InChI is InChI=1S/C25H47NO9Si2/c1-7-30-36(31-8-2,32-9-3)18-14-16-26-19-22(26)24(25(27)28)21(23-15-13-17-29-23)20-37(33-10-4,34-11-5)35-12-6/h13,15,17,21-22,24H,7-12,14,16,18-20H2,1-6H3,(H,27,28). The molecular formula is C25H47NO9Si2. The zero-order valence-corrected chi connectivity index (χ0v) is 25.4. The fraction of sp³-hybridized carbons (Fsp3) is 0.800. The normalized spacial score (nSPS) is 19.6. The second-order valence-corrected chi connectivity index (χ2v) is 14.2. The van der Waals surface area contributed by atoms with Gasteiger partial charge in [0.05, 0.1) is 12.2 Å². The van der Waals surface area contributed by atoms with E-state index in [-0.39, 0.29) is 6.04 Å². The van der Waals surface area contributed by atoms with E-state index in [0.29, 0.717) is 64.0 Å². The van der Waals surface area contributed by atoms with Crippen LogP contribution in [0.1, 0.15) is 59.6 Å². The summed E-state index contributed by atoms with van der Waals surface area (Å²) in [7, 11) is -5.86. The molecule has 0 aliphatic carbocycles. The summed E-state index contributed by atoms with van der Waals surface area (Å²) < 4.78 is 41.9. The number of furan rings is 1. The maximum absolute atomic E-state index is 12.7. The molecule has 0 radical (unpaired) electrons. The number of nitrogens with zero attached hydrogens (tertiary/aromatic N) is 1. The van der Waals surface area contributed by atoms with Crippen molar-refractivity contribution < 1.29 is 40.9 Å². The summed E-state index contributed by atoms with van der Waals surface area (Å²) in [4.78, 5) is 14.9. The molecule has 0 amide bonds. The zero-order valence-electron chi connectivity index (χ0n) is 23.4. The maximum atomic E-state index is 12.7. The second-order valence-electron chi connectivity index (χ2n) is 8.82. The molecule has 4 atom stereocenters. The lowest BCUT2D eigenvalue weighted by atomic mass is 9.88. The Morgan fingerprint density at radius 2 is 1.46 bits per heavy atom. The van der Waals surface area contributed by atoms with Crippen LogP contribution in [0, 0.1) is 5.92 Å². The number of hydrogen-bond donors (Lipinski definition) is 1. The van der Waals surface area contributed by atoms with Gasteiger partial charge in [0.25, 0.3) is 0 Å². The molecule has 0 aromatic carbocycles. The minimum atomic E-state index is -3.13. The predicted octanol–water partition coefficient (Wildman–Crippen LogP) is 4.24. The second kappa shape index (κ2) is 16.1. The first-order valence-electron chi connectivity index (χ1n) is 13.7. The van der Waals surface area contributed by atoms with Crippen molar-refractivity contribution >= 4 is 23.6 Å². The van der Waals surface area contributed by atoms with Crippen molar-refractivity contribution in [1.82, 2.24) is 4.90 Å². The summed E-state index contributed by atoms with van der Waals surface area (Å²) in [6.45, 7) is 15.9. The molecule has 37 heavy (non-hydrogen) atoms. The highest BCUT2D eigenvalue weighted by molar-refractivity contribution is 6.61.